The summed E-state index contributed by atoms with van der Waals surface area (Å²) < 4.78 is 0.762. The van der Waals surface area contributed by atoms with Gasteiger partial charge in [0.2, 0.25) is 0 Å². The molecule has 0 saturated carbocycles. The van der Waals surface area contributed by atoms with E-state index >= 15 is 0 Å². The Hall–Kier alpha value is -1.87. The molecule has 0 radical (unpaired) electrons. The maximum Gasteiger partial charge on any atom is 0.282 e. The summed E-state index contributed by atoms with van der Waals surface area (Å²) >= 11 is 7.46. The van der Waals surface area contributed by atoms with Gasteiger partial charge in [-0.2, -0.15) is 5.26 Å². The molecular formula is C16H17ClN3OS+. The van der Waals surface area contributed by atoms with Crippen molar-refractivity contribution in [3.8, 4) is 6.07 Å². The molecule has 1 unspecified atom stereocenters. The Morgan fingerprint density at radius 3 is 2.59 bits per heavy atom. The van der Waals surface area contributed by atoms with Gasteiger partial charge >= 0.3 is 0 Å². The molecule has 0 aliphatic carbocycles. The Morgan fingerprint density at radius 2 is 2.05 bits per heavy atom. The minimum Gasteiger partial charge on any atom is -0.323 e. The maximum absolute atomic E-state index is 12.3. The SMILES string of the molecule is C[C@H](C(=O)Nc1ccc(C#N)cc1)[NH+](C)Cc1ccc(Cl)s1. The highest BCUT2D eigenvalue weighted by Crippen LogP contribution is 2.20. The third kappa shape index (κ3) is 4.31. The van der Waals surface area contributed by atoms with Crippen molar-refractivity contribution in [1.82, 2.24) is 0 Å². The van der Waals surface area contributed by atoms with E-state index in [1.54, 1.807) is 24.3 Å². The van der Waals surface area contributed by atoms with Crippen LogP contribution < -0.4 is 10.2 Å². The minimum absolute atomic E-state index is 0.0511. The molecule has 0 aliphatic heterocycles. The first kappa shape index (κ1) is 16.5. The van der Waals surface area contributed by atoms with E-state index in [-0.39, 0.29) is 11.9 Å². The van der Waals surface area contributed by atoms with Crippen LogP contribution in [0, 0.1) is 11.3 Å². The number of quaternary nitrogens is 1. The lowest BCUT2D eigenvalue weighted by atomic mass is 10.2. The number of thiophene rings is 1. The summed E-state index contributed by atoms with van der Waals surface area (Å²) in [5, 5.41) is 11.6. The van der Waals surface area contributed by atoms with Crippen LogP contribution in [0.2, 0.25) is 4.34 Å². The van der Waals surface area contributed by atoms with Crippen molar-refractivity contribution in [3.05, 3.63) is 51.2 Å². The van der Waals surface area contributed by atoms with Crippen molar-refractivity contribution in [1.29, 1.82) is 5.26 Å². The average molecular weight is 335 g/mol. The molecular weight excluding hydrogens is 318 g/mol. The third-order valence-corrected chi connectivity index (χ3v) is 4.73. The lowest BCUT2D eigenvalue weighted by Crippen LogP contribution is -3.12. The molecule has 2 atom stereocenters. The number of hydrogen-bond acceptors (Lipinski definition) is 3. The van der Waals surface area contributed by atoms with Crippen molar-refractivity contribution in [2.45, 2.75) is 19.5 Å². The van der Waals surface area contributed by atoms with Crippen molar-refractivity contribution in [2.75, 3.05) is 12.4 Å². The van der Waals surface area contributed by atoms with E-state index < -0.39 is 0 Å². The summed E-state index contributed by atoms with van der Waals surface area (Å²) in [5.41, 5.74) is 1.27. The second kappa shape index (κ2) is 7.41. The van der Waals surface area contributed by atoms with Gasteiger partial charge in [-0.25, -0.2) is 0 Å². The van der Waals surface area contributed by atoms with Crippen molar-refractivity contribution in [2.24, 2.45) is 0 Å². The first-order chi connectivity index (χ1) is 10.5. The zero-order valence-corrected chi connectivity index (χ0v) is 14.0. The molecule has 0 saturated heterocycles. The molecule has 1 heterocycles. The van der Waals surface area contributed by atoms with Gasteiger partial charge in [0, 0.05) is 5.69 Å². The average Bonchev–Trinajstić information content (AvgIpc) is 2.92. The van der Waals surface area contributed by atoms with Gasteiger partial charge in [-0.05, 0) is 43.3 Å². The van der Waals surface area contributed by atoms with Crippen molar-refractivity contribution < 1.29 is 9.69 Å². The quantitative estimate of drug-likeness (QED) is 0.881. The van der Waals surface area contributed by atoms with Gasteiger partial charge < -0.3 is 10.2 Å². The Bertz CT molecular complexity index is 690. The second-order valence-corrected chi connectivity index (χ2v) is 6.93. The van der Waals surface area contributed by atoms with Crippen molar-refractivity contribution in [3.63, 3.8) is 0 Å². The topological polar surface area (TPSA) is 57.3 Å². The molecule has 114 valence electrons. The molecule has 6 heteroatoms. The normalized spacial score (nSPS) is 13.2. The van der Waals surface area contributed by atoms with Crippen LogP contribution >= 0.6 is 22.9 Å². The Labute approximate surface area is 138 Å². The summed E-state index contributed by atoms with van der Waals surface area (Å²) in [5.74, 6) is -0.0511. The monoisotopic (exact) mass is 334 g/mol. The van der Waals surface area contributed by atoms with Crippen LogP contribution in [0.15, 0.2) is 36.4 Å². The molecule has 0 fully saturated rings. The number of nitrogens with one attached hydrogen (secondary N) is 2. The highest BCUT2D eigenvalue weighted by atomic mass is 35.5. The Kier molecular flexibility index (Phi) is 5.56. The number of carbonyl (C=O) groups excluding carboxylic acids is 1. The summed E-state index contributed by atoms with van der Waals surface area (Å²) in [4.78, 5) is 14.5. The van der Waals surface area contributed by atoms with Crippen LogP contribution in [0.5, 0.6) is 0 Å². The number of nitriles is 1. The molecule has 22 heavy (non-hydrogen) atoms. The summed E-state index contributed by atoms with van der Waals surface area (Å²) in [6.07, 6.45) is 0. The lowest BCUT2D eigenvalue weighted by molar-refractivity contribution is -0.907. The zero-order valence-electron chi connectivity index (χ0n) is 12.4. The van der Waals surface area contributed by atoms with Crippen LogP contribution in [0.25, 0.3) is 0 Å². The molecule has 1 aromatic heterocycles. The lowest BCUT2D eigenvalue weighted by Gasteiger charge is -2.20. The van der Waals surface area contributed by atoms with Crippen molar-refractivity contribution >= 4 is 34.5 Å². The molecule has 2 N–H and O–H groups in total. The molecule has 0 bridgehead atoms. The number of carbonyl (C=O) groups is 1. The number of likely N-dealkylation sites (N-methyl/N-ethyl adjacent to an activating group) is 1. The van der Waals surface area contributed by atoms with E-state index in [0.717, 1.165) is 20.7 Å². The molecule has 1 amide bonds. The fraction of sp³-hybridized carbons (Fsp3) is 0.250. The summed E-state index contributed by atoms with van der Waals surface area (Å²) in [6, 6.07) is 12.6. The van der Waals surface area contributed by atoms with Gasteiger partial charge in [-0.3, -0.25) is 4.79 Å². The van der Waals surface area contributed by atoms with Crippen LogP contribution in [0.3, 0.4) is 0 Å². The fourth-order valence-corrected chi connectivity index (χ4v) is 3.16. The predicted molar refractivity (Wildman–Crippen MR) is 89.2 cm³/mol. The van der Waals surface area contributed by atoms with Gasteiger partial charge in [0.25, 0.3) is 5.91 Å². The molecule has 4 nitrogen and oxygen atoms in total. The smallest absolute Gasteiger partial charge is 0.282 e. The van der Waals surface area contributed by atoms with Crippen LogP contribution in [-0.2, 0) is 11.3 Å². The second-order valence-electron chi connectivity index (χ2n) is 5.13. The van der Waals surface area contributed by atoms with Crippen LogP contribution in [0.1, 0.15) is 17.4 Å². The Balaban J connectivity index is 1.94. The largest absolute Gasteiger partial charge is 0.323 e. The fourth-order valence-electron chi connectivity index (χ4n) is 1.98. The molecule has 0 aliphatic rings. The van der Waals surface area contributed by atoms with Gasteiger partial charge in [0.1, 0.15) is 6.54 Å². The van der Waals surface area contributed by atoms with E-state index in [2.05, 4.69) is 11.4 Å². The predicted octanol–water partition coefficient (Wildman–Crippen LogP) is 2.32. The highest BCUT2D eigenvalue weighted by molar-refractivity contribution is 7.16. The van der Waals surface area contributed by atoms with Gasteiger partial charge in [-0.15, -0.1) is 11.3 Å². The summed E-state index contributed by atoms with van der Waals surface area (Å²) in [7, 11) is 1.98. The Morgan fingerprint density at radius 1 is 1.36 bits per heavy atom. The van der Waals surface area contributed by atoms with Crippen LogP contribution in [0.4, 0.5) is 5.69 Å². The minimum atomic E-state index is -0.198. The highest BCUT2D eigenvalue weighted by Gasteiger charge is 2.22. The maximum atomic E-state index is 12.3. The number of nitrogens with zero attached hydrogens (tertiary/aromatic N) is 1. The first-order valence-corrected chi connectivity index (χ1v) is 8.06. The van der Waals surface area contributed by atoms with E-state index in [9.17, 15) is 4.79 Å². The van der Waals surface area contributed by atoms with Crippen LogP contribution in [-0.4, -0.2) is 19.0 Å². The standard InChI is InChI=1S/C16H16ClN3OS/c1-11(20(2)10-14-7-8-15(17)22-14)16(21)19-13-5-3-12(9-18)4-6-13/h3-8,11H,10H2,1-2H3,(H,19,21)/p+1/t11-/m1/s1. The number of rotatable bonds is 5. The number of hydrogen-bond donors (Lipinski definition) is 2. The number of halogens is 1. The number of benzene rings is 1. The van der Waals surface area contributed by atoms with E-state index in [0.29, 0.717) is 11.3 Å². The van der Waals surface area contributed by atoms with Gasteiger partial charge in [0.15, 0.2) is 6.04 Å². The third-order valence-electron chi connectivity index (χ3n) is 3.50. The number of anilines is 1. The van der Waals surface area contributed by atoms with Gasteiger partial charge in [-0.1, -0.05) is 11.6 Å². The van der Waals surface area contributed by atoms with Gasteiger partial charge in [0.05, 0.1) is 27.9 Å². The van der Waals surface area contributed by atoms with E-state index in [1.165, 1.54) is 11.3 Å². The zero-order chi connectivity index (χ0) is 16.1. The first-order valence-electron chi connectivity index (χ1n) is 6.87. The molecule has 2 rings (SSSR count). The molecule has 0 spiro atoms. The van der Waals surface area contributed by atoms with E-state index in [4.69, 9.17) is 16.9 Å². The molecule has 2 aromatic rings. The molecule has 1 aromatic carbocycles. The number of amides is 1. The van der Waals surface area contributed by atoms with E-state index in [1.807, 2.05) is 26.1 Å². The summed E-state index contributed by atoms with van der Waals surface area (Å²) in [6.45, 7) is 2.64.